The first-order valence-corrected chi connectivity index (χ1v) is 8.21. The Labute approximate surface area is 147 Å². The number of aldehydes is 1. The Morgan fingerprint density at radius 1 is 1.21 bits per heavy atom. The van der Waals surface area contributed by atoms with Crippen molar-refractivity contribution in [3.05, 3.63) is 71.8 Å². The largest absolute Gasteiger partial charge is 0.400 e. The fourth-order valence-electron chi connectivity index (χ4n) is 1.40. The van der Waals surface area contributed by atoms with E-state index in [-0.39, 0.29) is 0 Å². The van der Waals surface area contributed by atoms with Crippen molar-refractivity contribution in [1.82, 2.24) is 0 Å². The number of hydrogen-bond donors (Lipinski definition) is 1. The zero-order valence-corrected chi connectivity index (χ0v) is 15.5. The molecule has 1 atom stereocenters. The Kier molecular flexibility index (Phi) is 16.9. The molecule has 0 heterocycles. The van der Waals surface area contributed by atoms with Crippen LogP contribution in [0.4, 0.5) is 0 Å². The molecule has 0 radical (unpaired) electrons. The van der Waals surface area contributed by atoms with E-state index in [1.807, 2.05) is 38.1 Å². The lowest BCUT2D eigenvalue weighted by Gasteiger charge is -1.98. The summed E-state index contributed by atoms with van der Waals surface area (Å²) in [6.45, 7) is 12.3. The molecule has 24 heavy (non-hydrogen) atoms. The standard InChI is InChI=1S/C19H20O.C2H6.CH4O/c1-4-16(2)9-10-17(3)7-5-6-8-18-11-13-19(15-20)14-12-18;2*1-2/h5,7,9-16H,3-4H2,1-2H3;1-2H3;2H,1H3/b7-5+,10-9-;;. The number of carbonyl (C=O) groups excluding carboxylic acids is 1. The van der Waals surface area contributed by atoms with Crippen molar-refractivity contribution in [2.24, 2.45) is 5.92 Å². The van der Waals surface area contributed by atoms with E-state index in [9.17, 15) is 4.79 Å². The molecule has 1 rings (SSSR count). The summed E-state index contributed by atoms with van der Waals surface area (Å²) in [4.78, 5) is 10.5. The third kappa shape index (κ3) is 12.2. The Balaban J connectivity index is 0. The monoisotopic (exact) mass is 326 g/mol. The molecule has 0 saturated carbocycles. The molecule has 0 saturated heterocycles. The van der Waals surface area contributed by atoms with Crippen LogP contribution in [0, 0.1) is 17.8 Å². The van der Waals surface area contributed by atoms with Crippen LogP contribution in [0.2, 0.25) is 0 Å². The third-order valence-electron chi connectivity index (χ3n) is 2.93. The van der Waals surface area contributed by atoms with Crippen molar-refractivity contribution in [3.63, 3.8) is 0 Å². The highest BCUT2D eigenvalue weighted by Gasteiger charge is 1.90. The Hall–Kier alpha value is -2.37. The van der Waals surface area contributed by atoms with Gasteiger partial charge in [-0.1, -0.05) is 76.8 Å². The molecule has 1 aromatic carbocycles. The minimum absolute atomic E-state index is 0.572. The fourth-order valence-corrected chi connectivity index (χ4v) is 1.40. The average Bonchev–Trinajstić information content (AvgIpc) is 2.67. The first-order chi connectivity index (χ1) is 11.7. The van der Waals surface area contributed by atoms with Gasteiger partial charge in [-0.05, 0) is 35.8 Å². The molecule has 1 aromatic rings. The molecular formula is C22H30O2. The van der Waals surface area contributed by atoms with Crippen LogP contribution in [0.3, 0.4) is 0 Å². The van der Waals surface area contributed by atoms with Crippen molar-refractivity contribution < 1.29 is 9.90 Å². The molecule has 1 N–H and O–H groups in total. The molecule has 1 unspecified atom stereocenters. The summed E-state index contributed by atoms with van der Waals surface area (Å²) in [5.74, 6) is 6.54. The topological polar surface area (TPSA) is 37.3 Å². The van der Waals surface area contributed by atoms with Gasteiger partial charge in [0.15, 0.2) is 0 Å². The predicted molar refractivity (Wildman–Crippen MR) is 105 cm³/mol. The van der Waals surface area contributed by atoms with Gasteiger partial charge in [-0.25, -0.2) is 0 Å². The zero-order valence-electron chi connectivity index (χ0n) is 15.5. The minimum atomic E-state index is 0.572. The molecular weight excluding hydrogens is 296 g/mol. The molecule has 0 aliphatic rings. The summed E-state index contributed by atoms with van der Waals surface area (Å²) in [5.41, 5.74) is 2.49. The van der Waals surface area contributed by atoms with Gasteiger partial charge in [0.25, 0.3) is 0 Å². The number of hydrogen-bond acceptors (Lipinski definition) is 2. The second kappa shape index (κ2) is 17.0. The van der Waals surface area contributed by atoms with Gasteiger partial charge in [-0.2, -0.15) is 0 Å². The van der Waals surface area contributed by atoms with E-state index < -0.39 is 0 Å². The van der Waals surface area contributed by atoms with Gasteiger partial charge in [0.2, 0.25) is 0 Å². The normalized spacial score (nSPS) is 10.6. The summed E-state index contributed by atoms with van der Waals surface area (Å²) in [6, 6.07) is 7.19. The SMILES string of the molecule is C=C(/C=C\C(C)CC)/C=C/C#Cc1ccc(C=O)cc1.CC.CO. The number of rotatable bonds is 5. The van der Waals surface area contributed by atoms with E-state index in [1.54, 1.807) is 18.2 Å². The first-order valence-electron chi connectivity index (χ1n) is 8.21. The lowest BCUT2D eigenvalue weighted by Crippen LogP contribution is -1.83. The number of aliphatic hydroxyl groups is 1. The number of benzene rings is 1. The van der Waals surface area contributed by atoms with Crippen LogP contribution >= 0.6 is 0 Å². The first kappa shape index (κ1) is 23.9. The highest BCUT2D eigenvalue weighted by Crippen LogP contribution is 2.05. The van der Waals surface area contributed by atoms with Crippen LogP contribution in [0.25, 0.3) is 0 Å². The lowest BCUT2D eigenvalue weighted by atomic mass is 10.1. The van der Waals surface area contributed by atoms with Crippen LogP contribution in [-0.2, 0) is 0 Å². The predicted octanol–water partition coefficient (Wildman–Crippen LogP) is 5.20. The van der Waals surface area contributed by atoms with Crippen LogP contribution < -0.4 is 0 Å². The van der Waals surface area contributed by atoms with Crippen molar-refractivity contribution in [3.8, 4) is 11.8 Å². The molecule has 0 fully saturated rings. The van der Waals surface area contributed by atoms with Crippen molar-refractivity contribution in [1.29, 1.82) is 0 Å². The number of aliphatic hydroxyl groups excluding tert-OH is 1. The van der Waals surface area contributed by atoms with Gasteiger partial charge in [0.05, 0.1) is 0 Å². The van der Waals surface area contributed by atoms with E-state index in [1.165, 1.54) is 0 Å². The summed E-state index contributed by atoms with van der Waals surface area (Å²) in [5, 5.41) is 7.00. The van der Waals surface area contributed by atoms with E-state index in [0.29, 0.717) is 11.5 Å². The highest BCUT2D eigenvalue weighted by molar-refractivity contribution is 5.74. The molecule has 0 aromatic heterocycles. The van der Waals surface area contributed by atoms with Crippen molar-refractivity contribution >= 4 is 6.29 Å². The van der Waals surface area contributed by atoms with Crippen LogP contribution in [0.5, 0.6) is 0 Å². The van der Waals surface area contributed by atoms with Crippen LogP contribution in [0.1, 0.15) is 50.0 Å². The second-order valence-electron chi connectivity index (χ2n) is 4.66. The summed E-state index contributed by atoms with van der Waals surface area (Å²) < 4.78 is 0. The van der Waals surface area contributed by atoms with Crippen LogP contribution in [-0.4, -0.2) is 18.5 Å². The lowest BCUT2D eigenvalue weighted by molar-refractivity contribution is 0.112. The maximum absolute atomic E-state index is 10.5. The van der Waals surface area contributed by atoms with Gasteiger partial charge in [0.1, 0.15) is 6.29 Å². The van der Waals surface area contributed by atoms with Gasteiger partial charge in [-0.15, -0.1) is 0 Å². The van der Waals surface area contributed by atoms with Gasteiger partial charge < -0.3 is 5.11 Å². The average molecular weight is 326 g/mol. The Morgan fingerprint density at radius 3 is 2.29 bits per heavy atom. The third-order valence-corrected chi connectivity index (χ3v) is 2.93. The zero-order chi connectivity index (χ0) is 18.8. The van der Waals surface area contributed by atoms with E-state index in [4.69, 9.17) is 5.11 Å². The minimum Gasteiger partial charge on any atom is -0.400 e. The molecule has 2 nitrogen and oxygen atoms in total. The molecule has 0 bridgehead atoms. The summed E-state index contributed by atoms with van der Waals surface area (Å²) >= 11 is 0. The smallest absolute Gasteiger partial charge is 0.150 e. The Bertz CT molecular complexity index is 566. The molecule has 0 amide bonds. The quantitative estimate of drug-likeness (QED) is 0.459. The van der Waals surface area contributed by atoms with E-state index in [0.717, 1.165) is 31.0 Å². The fraction of sp³-hybridized carbons (Fsp3) is 0.318. The van der Waals surface area contributed by atoms with Crippen molar-refractivity contribution in [2.75, 3.05) is 7.11 Å². The highest BCUT2D eigenvalue weighted by atomic mass is 16.2. The van der Waals surface area contributed by atoms with Gasteiger partial charge >= 0.3 is 0 Å². The second-order valence-corrected chi connectivity index (χ2v) is 4.66. The van der Waals surface area contributed by atoms with Gasteiger partial charge in [-0.3, -0.25) is 4.79 Å². The molecule has 2 heteroatoms. The summed E-state index contributed by atoms with van der Waals surface area (Å²) in [7, 11) is 1.00. The summed E-state index contributed by atoms with van der Waals surface area (Å²) in [6.07, 6.45) is 9.81. The Morgan fingerprint density at radius 2 is 1.79 bits per heavy atom. The molecule has 0 spiro atoms. The maximum Gasteiger partial charge on any atom is 0.150 e. The molecule has 0 aliphatic carbocycles. The number of carbonyl (C=O) groups is 1. The van der Waals surface area contributed by atoms with Gasteiger partial charge in [0, 0.05) is 18.2 Å². The van der Waals surface area contributed by atoms with Crippen LogP contribution in [0.15, 0.2) is 60.7 Å². The molecule has 130 valence electrons. The molecule has 0 aliphatic heterocycles. The van der Waals surface area contributed by atoms with Crippen molar-refractivity contribution in [2.45, 2.75) is 34.1 Å². The maximum atomic E-state index is 10.5. The number of allylic oxidation sites excluding steroid dienone is 5. The van der Waals surface area contributed by atoms with E-state index >= 15 is 0 Å². The van der Waals surface area contributed by atoms with E-state index in [2.05, 4.69) is 38.3 Å².